The lowest BCUT2D eigenvalue weighted by molar-refractivity contribution is 0.0699. The van der Waals surface area contributed by atoms with Gasteiger partial charge in [0.1, 0.15) is 4.88 Å². The van der Waals surface area contributed by atoms with Crippen molar-refractivity contribution in [2.75, 3.05) is 0 Å². The summed E-state index contributed by atoms with van der Waals surface area (Å²) in [5, 5.41) is 17.0. The van der Waals surface area contributed by atoms with Crippen LogP contribution in [-0.2, 0) is 6.61 Å². The summed E-state index contributed by atoms with van der Waals surface area (Å²) in [5.74, 6) is -1.04. The van der Waals surface area contributed by atoms with Crippen LogP contribution in [0.3, 0.4) is 0 Å². The van der Waals surface area contributed by atoms with Crippen LogP contribution < -0.4 is 0 Å². The van der Waals surface area contributed by atoms with Gasteiger partial charge in [-0.25, -0.2) is 4.79 Å². The molecule has 1 aromatic heterocycles. The summed E-state index contributed by atoms with van der Waals surface area (Å²) in [6.45, 7) is -0.266. The first-order chi connectivity index (χ1) is 4.75. The summed E-state index contributed by atoms with van der Waals surface area (Å²) in [7, 11) is 0. The minimum absolute atomic E-state index is 0.113. The third-order valence-electron chi connectivity index (χ3n) is 1.01. The summed E-state index contributed by atoms with van der Waals surface area (Å²) in [5.41, 5.74) is 0.373. The summed E-state index contributed by atoms with van der Waals surface area (Å²) < 4.78 is 3.62. The van der Waals surface area contributed by atoms with Gasteiger partial charge in [0.15, 0.2) is 0 Å². The maximum Gasteiger partial charge on any atom is 0.347 e. The fourth-order valence-corrected chi connectivity index (χ4v) is 1.15. The Labute approximate surface area is 60.9 Å². The van der Waals surface area contributed by atoms with E-state index in [9.17, 15) is 4.79 Å². The van der Waals surface area contributed by atoms with E-state index in [0.29, 0.717) is 5.56 Å². The topological polar surface area (TPSA) is 70.4 Å². The summed E-state index contributed by atoms with van der Waals surface area (Å²) in [4.78, 5) is 10.4. The van der Waals surface area contributed by atoms with Crippen LogP contribution in [-0.4, -0.2) is 20.6 Å². The molecule has 0 saturated heterocycles. The van der Waals surface area contributed by atoms with E-state index in [-0.39, 0.29) is 11.5 Å². The fraction of sp³-hybridized carbons (Fsp3) is 0.200. The molecule has 5 heteroatoms. The molecule has 0 aliphatic rings. The second-order valence-corrected chi connectivity index (χ2v) is 2.45. The standard InChI is InChI=1S/C5H5NO3S/c7-2-3-1-6-10-4(3)5(8)9/h1,7H,2H2,(H,8,9). The van der Waals surface area contributed by atoms with Crippen LogP contribution in [0.2, 0.25) is 0 Å². The zero-order valence-corrected chi connectivity index (χ0v) is 5.76. The van der Waals surface area contributed by atoms with Gasteiger partial charge in [-0.1, -0.05) is 0 Å². The van der Waals surface area contributed by atoms with E-state index in [1.165, 1.54) is 6.20 Å². The normalized spacial score (nSPS) is 9.70. The van der Waals surface area contributed by atoms with Crippen LogP contribution in [0.25, 0.3) is 0 Å². The third kappa shape index (κ3) is 1.14. The monoisotopic (exact) mass is 159 g/mol. The molecular formula is C5H5NO3S. The molecule has 0 saturated carbocycles. The van der Waals surface area contributed by atoms with Gasteiger partial charge in [0.25, 0.3) is 0 Å². The van der Waals surface area contributed by atoms with E-state index >= 15 is 0 Å². The Morgan fingerprint density at radius 1 is 1.80 bits per heavy atom. The van der Waals surface area contributed by atoms with Crippen molar-refractivity contribution in [3.63, 3.8) is 0 Å². The minimum Gasteiger partial charge on any atom is -0.477 e. The molecule has 10 heavy (non-hydrogen) atoms. The average Bonchev–Trinajstić information content (AvgIpc) is 2.33. The first-order valence-corrected chi connectivity index (χ1v) is 3.30. The van der Waals surface area contributed by atoms with Crippen molar-refractivity contribution in [3.8, 4) is 0 Å². The van der Waals surface area contributed by atoms with Crippen LogP contribution in [0.5, 0.6) is 0 Å². The number of carboxylic acid groups (broad SMARTS) is 1. The van der Waals surface area contributed by atoms with Gasteiger partial charge in [-0.2, -0.15) is 4.37 Å². The summed E-state index contributed by atoms with van der Waals surface area (Å²) in [6, 6.07) is 0. The van der Waals surface area contributed by atoms with Gasteiger partial charge in [0.05, 0.1) is 6.61 Å². The van der Waals surface area contributed by atoms with Gasteiger partial charge >= 0.3 is 5.97 Å². The lowest BCUT2D eigenvalue weighted by Crippen LogP contribution is -1.96. The van der Waals surface area contributed by atoms with Crippen molar-refractivity contribution in [1.82, 2.24) is 4.37 Å². The zero-order chi connectivity index (χ0) is 7.56. The van der Waals surface area contributed by atoms with Crippen LogP contribution >= 0.6 is 11.5 Å². The number of hydrogen-bond acceptors (Lipinski definition) is 4. The van der Waals surface area contributed by atoms with E-state index in [1.807, 2.05) is 0 Å². The van der Waals surface area contributed by atoms with E-state index in [0.717, 1.165) is 11.5 Å². The molecule has 1 heterocycles. The van der Waals surface area contributed by atoms with Gasteiger partial charge in [-0.05, 0) is 11.5 Å². The second-order valence-electron chi connectivity index (χ2n) is 1.64. The molecular weight excluding hydrogens is 154 g/mol. The van der Waals surface area contributed by atoms with E-state index in [1.54, 1.807) is 0 Å². The number of hydrogen-bond donors (Lipinski definition) is 2. The predicted octanol–water partition coefficient (Wildman–Crippen LogP) is 0.334. The first-order valence-electron chi connectivity index (χ1n) is 2.53. The lowest BCUT2D eigenvalue weighted by atomic mass is 10.3. The van der Waals surface area contributed by atoms with E-state index < -0.39 is 5.97 Å². The molecule has 0 unspecified atom stereocenters. The maximum absolute atomic E-state index is 10.3. The molecule has 54 valence electrons. The predicted molar refractivity (Wildman–Crippen MR) is 35.0 cm³/mol. The number of rotatable bonds is 2. The van der Waals surface area contributed by atoms with Crippen LogP contribution in [0.4, 0.5) is 0 Å². The third-order valence-corrected chi connectivity index (χ3v) is 1.84. The van der Waals surface area contributed by atoms with Crippen molar-refractivity contribution < 1.29 is 15.0 Å². The fourth-order valence-electron chi connectivity index (χ4n) is 0.549. The molecule has 0 radical (unpaired) electrons. The van der Waals surface area contributed by atoms with Gasteiger partial charge in [0.2, 0.25) is 0 Å². The molecule has 0 amide bonds. The first kappa shape index (κ1) is 7.17. The van der Waals surface area contributed by atoms with E-state index in [2.05, 4.69) is 4.37 Å². The van der Waals surface area contributed by atoms with Crippen LogP contribution in [0, 0.1) is 0 Å². The Kier molecular flexibility index (Phi) is 1.98. The highest BCUT2D eigenvalue weighted by Gasteiger charge is 2.10. The number of aromatic nitrogens is 1. The van der Waals surface area contributed by atoms with Crippen LogP contribution in [0.15, 0.2) is 6.20 Å². The number of carboxylic acids is 1. The molecule has 0 aliphatic carbocycles. The Hall–Kier alpha value is -0.940. The highest BCUT2D eigenvalue weighted by molar-refractivity contribution is 7.08. The number of nitrogens with zero attached hydrogens (tertiary/aromatic N) is 1. The molecule has 0 bridgehead atoms. The van der Waals surface area contributed by atoms with Crippen molar-refractivity contribution in [2.24, 2.45) is 0 Å². The molecule has 0 fully saturated rings. The molecule has 0 aliphatic heterocycles. The Morgan fingerprint density at radius 2 is 2.50 bits per heavy atom. The zero-order valence-electron chi connectivity index (χ0n) is 4.94. The smallest absolute Gasteiger partial charge is 0.347 e. The van der Waals surface area contributed by atoms with Crippen molar-refractivity contribution in [3.05, 3.63) is 16.6 Å². The number of aromatic carboxylic acids is 1. The number of aliphatic hydroxyl groups is 1. The van der Waals surface area contributed by atoms with E-state index in [4.69, 9.17) is 10.2 Å². The quantitative estimate of drug-likeness (QED) is 0.652. The molecule has 1 rings (SSSR count). The Balaban J connectivity index is 3.01. The molecule has 0 spiro atoms. The summed E-state index contributed by atoms with van der Waals surface area (Å²) in [6.07, 6.45) is 1.36. The SMILES string of the molecule is O=C(O)c1sncc1CO. The van der Waals surface area contributed by atoms with Gasteiger partial charge < -0.3 is 10.2 Å². The Bertz CT molecular complexity index is 245. The molecule has 2 N–H and O–H groups in total. The van der Waals surface area contributed by atoms with Crippen molar-refractivity contribution in [1.29, 1.82) is 0 Å². The maximum atomic E-state index is 10.3. The summed E-state index contributed by atoms with van der Waals surface area (Å²) >= 11 is 0.873. The Morgan fingerprint density at radius 3 is 2.90 bits per heavy atom. The van der Waals surface area contributed by atoms with Crippen molar-refractivity contribution >= 4 is 17.5 Å². The second kappa shape index (κ2) is 2.76. The highest BCUT2D eigenvalue weighted by atomic mass is 32.1. The number of carbonyl (C=O) groups is 1. The molecule has 0 aromatic carbocycles. The highest BCUT2D eigenvalue weighted by Crippen LogP contribution is 2.12. The van der Waals surface area contributed by atoms with Gasteiger partial charge in [-0.3, -0.25) is 0 Å². The molecule has 4 nitrogen and oxygen atoms in total. The van der Waals surface area contributed by atoms with Gasteiger partial charge in [0, 0.05) is 11.8 Å². The van der Waals surface area contributed by atoms with Crippen LogP contribution in [0.1, 0.15) is 15.2 Å². The number of aliphatic hydroxyl groups excluding tert-OH is 1. The molecule has 0 atom stereocenters. The largest absolute Gasteiger partial charge is 0.477 e. The van der Waals surface area contributed by atoms with Crippen molar-refractivity contribution in [2.45, 2.75) is 6.61 Å². The molecule has 1 aromatic rings. The van der Waals surface area contributed by atoms with Gasteiger partial charge in [-0.15, -0.1) is 0 Å². The minimum atomic E-state index is -1.04. The lowest BCUT2D eigenvalue weighted by Gasteiger charge is -1.89. The average molecular weight is 159 g/mol.